The summed E-state index contributed by atoms with van der Waals surface area (Å²) in [6, 6.07) is 11.0. The van der Waals surface area contributed by atoms with Crippen LogP contribution in [0.15, 0.2) is 48.5 Å². The molecule has 0 heterocycles. The van der Waals surface area contributed by atoms with Crippen LogP contribution in [0.2, 0.25) is 0 Å². The predicted octanol–water partition coefficient (Wildman–Crippen LogP) is 2.81. The van der Waals surface area contributed by atoms with Crippen molar-refractivity contribution in [2.75, 3.05) is 13.1 Å². The van der Waals surface area contributed by atoms with Gasteiger partial charge in [-0.25, -0.2) is 0 Å². The molecule has 1 aliphatic rings. The summed E-state index contributed by atoms with van der Waals surface area (Å²) in [4.78, 5) is 48.7. The summed E-state index contributed by atoms with van der Waals surface area (Å²) >= 11 is 0. The number of nitro benzene ring substituents is 1. The zero-order valence-electron chi connectivity index (χ0n) is 17.8. The van der Waals surface area contributed by atoms with E-state index in [1.54, 1.807) is 22.3 Å². The SMILES string of the molecule is O=C(NCC(=O)N(Cc1ccc(C(=O)NCC(F)(F)F)cc1)C1CC1)c1cccc([N+](=O)[O-])c1. The number of carbonyl (C=O) groups is 3. The molecule has 1 fully saturated rings. The summed E-state index contributed by atoms with van der Waals surface area (Å²) in [6.07, 6.45) is -2.92. The molecule has 0 radical (unpaired) electrons. The van der Waals surface area contributed by atoms with E-state index in [9.17, 15) is 37.7 Å². The molecule has 12 heteroatoms. The van der Waals surface area contributed by atoms with E-state index in [-0.39, 0.29) is 41.9 Å². The molecule has 2 aromatic carbocycles. The molecule has 0 aromatic heterocycles. The molecule has 3 amide bonds. The van der Waals surface area contributed by atoms with Crippen molar-refractivity contribution >= 4 is 23.4 Å². The number of amides is 3. The number of nitrogens with one attached hydrogen (secondary N) is 2. The minimum absolute atomic E-state index is 0.00280. The van der Waals surface area contributed by atoms with Gasteiger partial charge in [0, 0.05) is 35.8 Å². The minimum Gasteiger partial charge on any atom is -0.343 e. The lowest BCUT2D eigenvalue weighted by molar-refractivity contribution is -0.384. The highest BCUT2D eigenvalue weighted by molar-refractivity contribution is 5.97. The molecular formula is C22H21F3N4O5. The number of hydrogen-bond acceptors (Lipinski definition) is 5. The van der Waals surface area contributed by atoms with Gasteiger partial charge in [0.05, 0.1) is 11.5 Å². The number of alkyl halides is 3. The first-order chi connectivity index (χ1) is 16.0. The van der Waals surface area contributed by atoms with E-state index in [0.29, 0.717) is 5.56 Å². The highest BCUT2D eigenvalue weighted by Gasteiger charge is 2.32. The molecule has 2 aromatic rings. The van der Waals surface area contributed by atoms with Gasteiger partial charge in [-0.3, -0.25) is 24.5 Å². The average Bonchev–Trinajstić information content (AvgIpc) is 3.64. The summed E-state index contributed by atoms with van der Waals surface area (Å²) < 4.78 is 36.7. The van der Waals surface area contributed by atoms with Crippen molar-refractivity contribution in [2.45, 2.75) is 31.6 Å². The summed E-state index contributed by atoms with van der Waals surface area (Å²) in [7, 11) is 0. The van der Waals surface area contributed by atoms with Crippen molar-refractivity contribution < 1.29 is 32.5 Å². The highest BCUT2D eigenvalue weighted by atomic mass is 19.4. The fourth-order valence-corrected chi connectivity index (χ4v) is 3.17. The Morgan fingerprint density at radius 3 is 2.24 bits per heavy atom. The molecule has 2 N–H and O–H groups in total. The van der Waals surface area contributed by atoms with Crippen LogP contribution in [0.25, 0.3) is 0 Å². The molecule has 3 rings (SSSR count). The molecule has 1 aliphatic carbocycles. The monoisotopic (exact) mass is 478 g/mol. The number of nitro groups is 1. The number of carbonyl (C=O) groups excluding carboxylic acids is 3. The quantitative estimate of drug-likeness (QED) is 0.424. The van der Waals surface area contributed by atoms with Crippen molar-refractivity contribution in [1.82, 2.24) is 15.5 Å². The number of halogens is 3. The molecule has 0 saturated heterocycles. The van der Waals surface area contributed by atoms with Crippen LogP contribution in [0, 0.1) is 10.1 Å². The Labute approximate surface area is 192 Å². The molecule has 0 aliphatic heterocycles. The van der Waals surface area contributed by atoms with Crippen LogP contribution in [-0.2, 0) is 11.3 Å². The van der Waals surface area contributed by atoms with Crippen LogP contribution in [-0.4, -0.2) is 52.9 Å². The van der Waals surface area contributed by atoms with Crippen LogP contribution in [0.3, 0.4) is 0 Å². The maximum atomic E-state index is 12.7. The summed E-state index contributed by atoms with van der Waals surface area (Å²) in [5.74, 6) is -1.84. The van der Waals surface area contributed by atoms with E-state index in [1.165, 1.54) is 30.3 Å². The molecule has 1 saturated carbocycles. The second-order valence-corrected chi connectivity index (χ2v) is 7.74. The van der Waals surface area contributed by atoms with Gasteiger partial charge in [0.25, 0.3) is 17.5 Å². The smallest absolute Gasteiger partial charge is 0.343 e. The van der Waals surface area contributed by atoms with Gasteiger partial charge < -0.3 is 15.5 Å². The number of non-ortho nitro benzene ring substituents is 1. The highest BCUT2D eigenvalue weighted by Crippen LogP contribution is 2.28. The van der Waals surface area contributed by atoms with Gasteiger partial charge >= 0.3 is 6.18 Å². The van der Waals surface area contributed by atoms with E-state index in [4.69, 9.17) is 0 Å². The summed E-state index contributed by atoms with van der Waals surface area (Å²) in [6.45, 7) is -1.55. The topological polar surface area (TPSA) is 122 Å². The fraction of sp³-hybridized carbons (Fsp3) is 0.318. The summed E-state index contributed by atoms with van der Waals surface area (Å²) in [5.41, 5.74) is 0.535. The van der Waals surface area contributed by atoms with E-state index in [1.807, 2.05) is 0 Å². The van der Waals surface area contributed by atoms with Crippen LogP contribution >= 0.6 is 0 Å². The van der Waals surface area contributed by atoms with Gasteiger partial charge in [-0.15, -0.1) is 0 Å². The summed E-state index contributed by atoms with van der Waals surface area (Å²) in [5, 5.41) is 15.1. The first kappa shape index (κ1) is 24.7. The Morgan fingerprint density at radius 1 is 1.00 bits per heavy atom. The van der Waals surface area contributed by atoms with E-state index >= 15 is 0 Å². The largest absolute Gasteiger partial charge is 0.405 e. The predicted molar refractivity (Wildman–Crippen MR) is 114 cm³/mol. The molecule has 0 spiro atoms. The second-order valence-electron chi connectivity index (χ2n) is 7.74. The molecule has 0 bridgehead atoms. The number of rotatable bonds is 9. The van der Waals surface area contributed by atoms with Crippen LogP contribution in [0.5, 0.6) is 0 Å². The normalized spacial score (nSPS) is 13.1. The number of benzene rings is 2. The van der Waals surface area contributed by atoms with Crippen molar-refractivity contribution in [3.05, 3.63) is 75.3 Å². The molecule has 0 unspecified atom stereocenters. The third-order valence-corrected chi connectivity index (χ3v) is 5.05. The zero-order chi connectivity index (χ0) is 24.9. The van der Waals surface area contributed by atoms with Crippen molar-refractivity contribution in [3.63, 3.8) is 0 Å². The molecular weight excluding hydrogens is 457 g/mol. The minimum atomic E-state index is -4.51. The average molecular weight is 478 g/mol. The fourth-order valence-electron chi connectivity index (χ4n) is 3.17. The Bertz CT molecular complexity index is 1080. The number of nitrogens with zero attached hydrogens (tertiary/aromatic N) is 2. The van der Waals surface area contributed by atoms with E-state index in [0.717, 1.165) is 18.9 Å². The molecule has 180 valence electrons. The zero-order valence-corrected chi connectivity index (χ0v) is 17.8. The third-order valence-electron chi connectivity index (χ3n) is 5.05. The van der Waals surface area contributed by atoms with Crippen molar-refractivity contribution in [3.8, 4) is 0 Å². The first-order valence-corrected chi connectivity index (χ1v) is 10.3. The van der Waals surface area contributed by atoms with Crippen molar-refractivity contribution in [1.29, 1.82) is 0 Å². The Hall–Kier alpha value is -3.96. The van der Waals surface area contributed by atoms with Gasteiger partial charge in [0.1, 0.15) is 6.54 Å². The maximum absolute atomic E-state index is 12.7. The van der Waals surface area contributed by atoms with Crippen LogP contribution < -0.4 is 10.6 Å². The van der Waals surface area contributed by atoms with Gasteiger partial charge in [0.15, 0.2) is 0 Å². The second kappa shape index (κ2) is 10.3. The van der Waals surface area contributed by atoms with Crippen LogP contribution in [0.1, 0.15) is 39.1 Å². The van der Waals surface area contributed by atoms with E-state index < -0.39 is 29.5 Å². The van der Waals surface area contributed by atoms with Crippen LogP contribution in [0.4, 0.5) is 18.9 Å². The Kier molecular flexibility index (Phi) is 7.49. The lowest BCUT2D eigenvalue weighted by Crippen LogP contribution is -2.41. The lowest BCUT2D eigenvalue weighted by atomic mass is 10.1. The molecule has 0 atom stereocenters. The van der Waals surface area contributed by atoms with Gasteiger partial charge in [-0.2, -0.15) is 13.2 Å². The van der Waals surface area contributed by atoms with Gasteiger partial charge in [-0.1, -0.05) is 18.2 Å². The van der Waals surface area contributed by atoms with Gasteiger partial charge in [-0.05, 0) is 36.6 Å². The lowest BCUT2D eigenvalue weighted by Gasteiger charge is -2.23. The standard InChI is InChI=1S/C22H21F3N4O5/c23-22(24,25)13-27-20(31)15-6-4-14(5-7-15)12-28(17-8-9-17)19(30)11-26-21(32)16-2-1-3-18(10-16)29(33)34/h1-7,10,17H,8-9,11-13H2,(H,26,32)(H,27,31). The number of hydrogen-bond donors (Lipinski definition) is 2. The van der Waals surface area contributed by atoms with E-state index in [2.05, 4.69) is 5.32 Å². The Morgan fingerprint density at radius 2 is 1.65 bits per heavy atom. The maximum Gasteiger partial charge on any atom is 0.405 e. The van der Waals surface area contributed by atoms with Gasteiger partial charge in [0.2, 0.25) is 5.91 Å². The molecule has 34 heavy (non-hydrogen) atoms. The Balaban J connectivity index is 1.57. The van der Waals surface area contributed by atoms with Crippen molar-refractivity contribution in [2.24, 2.45) is 0 Å². The molecule has 9 nitrogen and oxygen atoms in total. The third kappa shape index (κ3) is 7.02. The first-order valence-electron chi connectivity index (χ1n) is 10.3.